The Balaban J connectivity index is 2.28. The number of amides is 1. The van der Waals surface area contributed by atoms with E-state index in [9.17, 15) is 9.18 Å². The Labute approximate surface area is 82.3 Å². The van der Waals surface area contributed by atoms with Crippen molar-refractivity contribution in [2.24, 2.45) is 0 Å². The lowest BCUT2D eigenvalue weighted by molar-refractivity contribution is -0.117. The van der Waals surface area contributed by atoms with Gasteiger partial charge in [-0.3, -0.25) is 4.79 Å². The number of hydrogen-bond donors (Lipinski definition) is 0. The molecule has 2 rings (SSSR count). The summed E-state index contributed by atoms with van der Waals surface area (Å²) >= 11 is 0. The highest BCUT2D eigenvalue weighted by atomic mass is 19.1. The summed E-state index contributed by atoms with van der Waals surface area (Å²) < 4.78 is 12.6. The highest BCUT2D eigenvalue weighted by molar-refractivity contribution is 5.96. The third-order valence-electron chi connectivity index (χ3n) is 2.54. The molecule has 0 N–H and O–H groups in total. The summed E-state index contributed by atoms with van der Waals surface area (Å²) in [7, 11) is 0. The Hall–Kier alpha value is -1.38. The predicted molar refractivity (Wildman–Crippen MR) is 52.9 cm³/mol. The van der Waals surface area contributed by atoms with E-state index in [0.29, 0.717) is 12.8 Å². The minimum Gasteiger partial charge on any atom is -0.307 e. The molecule has 1 atom stereocenters. The molecule has 14 heavy (non-hydrogen) atoms. The highest BCUT2D eigenvalue weighted by Gasteiger charge is 2.31. The van der Waals surface area contributed by atoms with E-state index in [1.165, 1.54) is 0 Å². The van der Waals surface area contributed by atoms with E-state index in [1.807, 2.05) is 30.3 Å². The van der Waals surface area contributed by atoms with Gasteiger partial charge in [0.05, 0.1) is 6.04 Å². The molecule has 1 heterocycles. The van der Waals surface area contributed by atoms with Crippen LogP contribution in [0.2, 0.25) is 0 Å². The van der Waals surface area contributed by atoms with Gasteiger partial charge in [-0.15, -0.1) is 0 Å². The van der Waals surface area contributed by atoms with Gasteiger partial charge < -0.3 is 4.90 Å². The number of alkyl halides is 1. The lowest BCUT2D eigenvalue weighted by Gasteiger charge is -2.22. The Bertz CT molecular complexity index is 325. The molecule has 1 aromatic carbocycles. The fraction of sp³-hybridized carbons (Fsp3) is 0.364. The van der Waals surface area contributed by atoms with Gasteiger partial charge in [0.15, 0.2) is 0 Å². The zero-order valence-corrected chi connectivity index (χ0v) is 7.82. The van der Waals surface area contributed by atoms with Crippen LogP contribution in [0.3, 0.4) is 0 Å². The van der Waals surface area contributed by atoms with Gasteiger partial charge in [-0.2, -0.15) is 0 Å². The Morgan fingerprint density at radius 2 is 2.07 bits per heavy atom. The maximum absolute atomic E-state index is 12.6. The van der Waals surface area contributed by atoms with Gasteiger partial charge in [0.25, 0.3) is 0 Å². The van der Waals surface area contributed by atoms with E-state index in [2.05, 4.69) is 0 Å². The molecular weight excluding hydrogens is 181 g/mol. The van der Waals surface area contributed by atoms with Crippen LogP contribution in [0.1, 0.15) is 12.8 Å². The average Bonchev–Trinajstić information content (AvgIpc) is 2.61. The maximum atomic E-state index is 12.6. The average molecular weight is 193 g/mol. The minimum atomic E-state index is -0.458. The van der Waals surface area contributed by atoms with Crippen molar-refractivity contribution in [3.63, 3.8) is 0 Å². The number of benzene rings is 1. The molecule has 2 nitrogen and oxygen atoms in total. The van der Waals surface area contributed by atoms with Gasteiger partial charge in [-0.25, -0.2) is 4.39 Å². The number of carbonyl (C=O) groups excluding carboxylic acids is 1. The molecule has 0 spiro atoms. The summed E-state index contributed by atoms with van der Waals surface area (Å²) in [5, 5.41) is 0. The summed E-state index contributed by atoms with van der Waals surface area (Å²) in [5.41, 5.74) is 0.803. The standard InChI is InChI=1S/C11H12FNO/c12-8-10-6-7-11(14)13(10)9-4-2-1-3-5-9/h1-5,10H,6-8H2. The number of nitrogens with zero attached hydrogens (tertiary/aromatic N) is 1. The molecule has 1 fully saturated rings. The molecule has 0 radical (unpaired) electrons. The summed E-state index contributed by atoms with van der Waals surface area (Å²) in [6, 6.07) is 9.02. The van der Waals surface area contributed by atoms with E-state index >= 15 is 0 Å². The lowest BCUT2D eigenvalue weighted by Crippen LogP contribution is -2.34. The van der Waals surface area contributed by atoms with Crippen LogP contribution < -0.4 is 4.90 Å². The fourth-order valence-electron chi connectivity index (χ4n) is 1.83. The highest BCUT2D eigenvalue weighted by Crippen LogP contribution is 2.26. The van der Waals surface area contributed by atoms with Crippen molar-refractivity contribution in [2.45, 2.75) is 18.9 Å². The summed E-state index contributed by atoms with van der Waals surface area (Å²) in [4.78, 5) is 13.1. The topological polar surface area (TPSA) is 20.3 Å². The van der Waals surface area contributed by atoms with Gasteiger partial charge in [-0.05, 0) is 18.6 Å². The zero-order chi connectivity index (χ0) is 9.97. The molecule has 1 aliphatic rings. The van der Waals surface area contributed by atoms with Crippen molar-refractivity contribution >= 4 is 11.6 Å². The van der Waals surface area contributed by atoms with Crippen LogP contribution in [0.25, 0.3) is 0 Å². The summed E-state index contributed by atoms with van der Waals surface area (Å²) in [6.45, 7) is -0.458. The number of anilines is 1. The van der Waals surface area contributed by atoms with Crippen LogP contribution in [-0.4, -0.2) is 18.6 Å². The molecule has 74 valence electrons. The molecule has 0 bridgehead atoms. The number of rotatable bonds is 2. The molecule has 1 unspecified atom stereocenters. The first-order valence-electron chi connectivity index (χ1n) is 4.76. The Morgan fingerprint density at radius 3 is 2.71 bits per heavy atom. The van der Waals surface area contributed by atoms with Crippen molar-refractivity contribution in [3.05, 3.63) is 30.3 Å². The SMILES string of the molecule is O=C1CCC(CF)N1c1ccccc1. The first-order chi connectivity index (χ1) is 6.83. The van der Waals surface area contributed by atoms with Crippen LogP contribution in [0.15, 0.2) is 30.3 Å². The minimum absolute atomic E-state index is 0.0267. The van der Waals surface area contributed by atoms with E-state index in [1.54, 1.807) is 4.90 Å². The molecular formula is C11H12FNO. The number of halogens is 1. The third kappa shape index (κ3) is 1.50. The van der Waals surface area contributed by atoms with Crippen molar-refractivity contribution < 1.29 is 9.18 Å². The van der Waals surface area contributed by atoms with E-state index in [-0.39, 0.29) is 11.9 Å². The van der Waals surface area contributed by atoms with Gasteiger partial charge in [0.1, 0.15) is 6.67 Å². The summed E-state index contributed by atoms with van der Waals surface area (Å²) in [5.74, 6) is 0.0267. The number of carbonyl (C=O) groups is 1. The number of hydrogen-bond acceptors (Lipinski definition) is 1. The second-order valence-electron chi connectivity index (χ2n) is 3.45. The van der Waals surface area contributed by atoms with E-state index in [0.717, 1.165) is 5.69 Å². The molecule has 1 saturated heterocycles. The van der Waals surface area contributed by atoms with E-state index in [4.69, 9.17) is 0 Å². The van der Waals surface area contributed by atoms with Crippen molar-refractivity contribution in [1.82, 2.24) is 0 Å². The lowest BCUT2D eigenvalue weighted by atomic mass is 10.2. The van der Waals surface area contributed by atoms with Crippen LogP contribution in [-0.2, 0) is 4.79 Å². The normalized spacial score (nSPS) is 21.6. The fourth-order valence-corrected chi connectivity index (χ4v) is 1.83. The zero-order valence-electron chi connectivity index (χ0n) is 7.82. The first-order valence-corrected chi connectivity index (χ1v) is 4.76. The van der Waals surface area contributed by atoms with Crippen molar-refractivity contribution in [1.29, 1.82) is 0 Å². The first kappa shape index (κ1) is 9.19. The van der Waals surface area contributed by atoms with E-state index < -0.39 is 6.67 Å². The monoisotopic (exact) mass is 193 g/mol. The molecule has 0 aliphatic carbocycles. The molecule has 1 amide bonds. The van der Waals surface area contributed by atoms with Crippen molar-refractivity contribution in [2.75, 3.05) is 11.6 Å². The number of para-hydroxylation sites is 1. The van der Waals surface area contributed by atoms with Gasteiger partial charge in [-0.1, -0.05) is 18.2 Å². The Morgan fingerprint density at radius 1 is 1.36 bits per heavy atom. The van der Waals surface area contributed by atoms with Gasteiger partial charge in [0.2, 0.25) is 5.91 Å². The largest absolute Gasteiger partial charge is 0.307 e. The smallest absolute Gasteiger partial charge is 0.227 e. The van der Waals surface area contributed by atoms with Gasteiger partial charge in [0, 0.05) is 12.1 Å². The van der Waals surface area contributed by atoms with Gasteiger partial charge >= 0.3 is 0 Å². The molecule has 0 aromatic heterocycles. The summed E-state index contributed by atoms with van der Waals surface area (Å²) in [6.07, 6.45) is 1.09. The maximum Gasteiger partial charge on any atom is 0.227 e. The third-order valence-corrected chi connectivity index (χ3v) is 2.54. The second-order valence-corrected chi connectivity index (χ2v) is 3.45. The molecule has 0 saturated carbocycles. The second kappa shape index (κ2) is 3.78. The molecule has 1 aliphatic heterocycles. The van der Waals surface area contributed by atoms with Crippen LogP contribution in [0, 0.1) is 0 Å². The Kier molecular flexibility index (Phi) is 2.48. The quantitative estimate of drug-likeness (QED) is 0.704. The molecule has 3 heteroatoms. The van der Waals surface area contributed by atoms with Crippen molar-refractivity contribution in [3.8, 4) is 0 Å². The van der Waals surface area contributed by atoms with Crippen LogP contribution in [0.4, 0.5) is 10.1 Å². The van der Waals surface area contributed by atoms with Crippen LogP contribution >= 0.6 is 0 Å². The van der Waals surface area contributed by atoms with Crippen LogP contribution in [0.5, 0.6) is 0 Å². The predicted octanol–water partition coefficient (Wildman–Crippen LogP) is 2.15. The molecule has 1 aromatic rings.